The summed E-state index contributed by atoms with van der Waals surface area (Å²) < 4.78 is 13.3. The summed E-state index contributed by atoms with van der Waals surface area (Å²) in [5.74, 6) is -0.660. The van der Waals surface area contributed by atoms with Crippen LogP contribution in [0.2, 0.25) is 0 Å². The van der Waals surface area contributed by atoms with Gasteiger partial charge in [-0.1, -0.05) is 0 Å². The van der Waals surface area contributed by atoms with E-state index in [-0.39, 0.29) is 19.1 Å². The number of halogens is 1. The zero-order valence-corrected chi connectivity index (χ0v) is 10.9. The quantitative estimate of drug-likeness (QED) is 0.916. The molecule has 2 aromatic rings. The number of hydrogen-bond acceptors (Lipinski definition) is 3. The summed E-state index contributed by atoms with van der Waals surface area (Å²) in [5, 5.41) is 9.36. The molecular weight excluding hydrogens is 247 g/mol. The molecule has 1 N–H and O–H groups in total. The molecule has 0 aliphatic rings. The summed E-state index contributed by atoms with van der Waals surface area (Å²) in [6.45, 7) is 1.90. The number of pyridine rings is 1. The summed E-state index contributed by atoms with van der Waals surface area (Å²) in [4.78, 5) is 18.0. The Balaban J connectivity index is 2.58. The van der Waals surface area contributed by atoms with Crippen molar-refractivity contribution in [1.29, 1.82) is 0 Å². The van der Waals surface area contributed by atoms with Gasteiger partial charge in [-0.25, -0.2) is 4.39 Å². The van der Waals surface area contributed by atoms with Crippen LogP contribution in [0.25, 0.3) is 10.9 Å². The topological polar surface area (TPSA) is 53.4 Å². The van der Waals surface area contributed by atoms with Crippen LogP contribution < -0.4 is 0 Å². The third-order valence-electron chi connectivity index (χ3n) is 2.91. The Hall–Kier alpha value is -2.01. The fourth-order valence-corrected chi connectivity index (χ4v) is 1.96. The monoisotopic (exact) mass is 262 g/mol. The van der Waals surface area contributed by atoms with E-state index in [1.54, 1.807) is 26.1 Å². The van der Waals surface area contributed by atoms with Gasteiger partial charge in [-0.3, -0.25) is 9.78 Å². The second-order valence-corrected chi connectivity index (χ2v) is 4.42. The van der Waals surface area contributed by atoms with Gasteiger partial charge in [0.25, 0.3) is 5.91 Å². The normalized spacial score (nSPS) is 10.7. The second-order valence-electron chi connectivity index (χ2n) is 4.42. The molecule has 0 radical (unpaired) electrons. The van der Waals surface area contributed by atoms with E-state index in [1.165, 1.54) is 17.0 Å². The van der Waals surface area contributed by atoms with E-state index in [4.69, 9.17) is 5.11 Å². The van der Waals surface area contributed by atoms with Gasteiger partial charge < -0.3 is 10.0 Å². The first-order valence-corrected chi connectivity index (χ1v) is 5.96. The SMILES string of the molecule is Cc1cc(C(=O)N(C)CCO)c2cc(F)ccc2n1. The predicted molar refractivity (Wildman–Crippen MR) is 70.5 cm³/mol. The van der Waals surface area contributed by atoms with E-state index in [9.17, 15) is 9.18 Å². The summed E-state index contributed by atoms with van der Waals surface area (Å²) in [6, 6.07) is 5.82. The Morgan fingerprint density at radius 1 is 1.42 bits per heavy atom. The van der Waals surface area contributed by atoms with Crippen LogP contribution in [0.5, 0.6) is 0 Å². The fourth-order valence-electron chi connectivity index (χ4n) is 1.96. The molecular formula is C14H15FN2O2. The zero-order valence-electron chi connectivity index (χ0n) is 10.9. The first-order chi connectivity index (χ1) is 9.02. The van der Waals surface area contributed by atoms with Crippen LogP contribution in [0.4, 0.5) is 4.39 Å². The molecule has 100 valence electrons. The lowest BCUT2D eigenvalue weighted by Crippen LogP contribution is -2.29. The van der Waals surface area contributed by atoms with Crippen LogP contribution >= 0.6 is 0 Å². The highest BCUT2D eigenvalue weighted by molar-refractivity contribution is 6.06. The summed E-state index contributed by atoms with van der Waals surface area (Å²) in [6.07, 6.45) is 0. The molecule has 5 heteroatoms. The number of carbonyl (C=O) groups is 1. The highest BCUT2D eigenvalue weighted by Gasteiger charge is 2.16. The molecule has 0 fully saturated rings. The predicted octanol–water partition coefficient (Wildman–Crippen LogP) is 1.75. The number of nitrogens with zero attached hydrogens (tertiary/aromatic N) is 2. The van der Waals surface area contributed by atoms with Crippen LogP contribution in [-0.4, -0.2) is 41.1 Å². The summed E-state index contributed by atoms with van der Waals surface area (Å²) in [5.41, 5.74) is 1.68. The smallest absolute Gasteiger partial charge is 0.254 e. The van der Waals surface area contributed by atoms with E-state index in [0.717, 1.165) is 0 Å². The first kappa shape index (κ1) is 13.4. The van der Waals surface area contributed by atoms with Crippen LogP contribution in [0.1, 0.15) is 16.1 Å². The zero-order chi connectivity index (χ0) is 14.0. The molecule has 0 unspecified atom stereocenters. The van der Waals surface area contributed by atoms with Crippen molar-refractivity contribution in [3.05, 3.63) is 41.3 Å². The first-order valence-electron chi connectivity index (χ1n) is 5.96. The van der Waals surface area contributed by atoms with Gasteiger partial charge in [-0.15, -0.1) is 0 Å². The molecule has 1 aromatic heterocycles. The molecule has 2 rings (SSSR count). The third-order valence-corrected chi connectivity index (χ3v) is 2.91. The minimum atomic E-state index is -0.406. The largest absolute Gasteiger partial charge is 0.395 e. The van der Waals surface area contributed by atoms with Crippen LogP contribution in [0.3, 0.4) is 0 Å². The van der Waals surface area contributed by atoms with Crippen molar-refractivity contribution in [1.82, 2.24) is 9.88 Å². The third kappa shape index (κ3) is 2.71. The second kappa shape index (κ2) is 5.32. The van der Waals surface area contributed by atoms with Gasteiger partial charge in [0.15, 0.2) is 0 Å². The number of rotatable bonds is 3. The average molecular weight is 262 g/mol. The Bertz CT molecular complexity index is 628. The minimum absolute atomic E-state index is 0.113. The van der Waals surface area contributed by atoms with E-state index >= 15 is 0 Å². The Kier molecular flexibility index (Phi) is 3.76. The van der Waals surface area contributed by atoms with Crippen molar-refractivity contribution in [3.8, 4) is 0 Å². The van der Waals surface area contributed by atoms with Gasteiger partial charge >= 0.3 is 0 Å². The summed E-state index contributed by atoms with van der Waals surface area (Å²) in [7, 11) is 1.60. The number of benzene rings is 1. The number of fused-ring (bicyclic) bond motifs is 1. The molecule has 19 heavy (non-hydrogen) atoms. The molecule has 0 aliphatic heterocycles. The Labute approximate surface area is 110 Å². The van der Waals surface area contributed by atoms with Crippen LogP contribution in [0, 0.1) is 12.7 Å². The fraction of sp³-hybridized carbons (Fsp3) is 0.286. The number of carbonyl (C=O) groups excluding carboxylic acids is 1. The van der Waals surface area contributed by atoms with Crippen molar-refractivity contribution >= 4 is 16.8 Å². The van der Waals surface area contributed by atoms with E-state index < -0.39 is 5.82 Å². The molecule has 1 aromatic carbocycles. The van der Waals surface area contributed by atoms with Crippen molar-refractivity contribution < 1.29 is 14.3 Å². The number of aliphatic hydroxyl groups is 1. The lowest BCUT2D eigenvalue weighted by atomic mass is 10.1. The number of amides is 1. The van der Waals surface area contributed by atoms with Gasteiger partial charge in [-0.2, -0.15) is 0 Å². The van der Waals surface area contributed by atoms with E-state index in [0.29, 0.717) is 22.2 Å². The van der Waals surface area contributed by atoms with Crippen LogP contribution in [0.15, 0.2) is 24.3 Å². The van der Waals surface area contributed by atoms with Gasteiger partial charge in [-0.05, 0) is 31.2 Å². The number of hydrogen-bond donors (Lipinski definition) is 1. The standard InChI is InChI=1S/C14H15FN2O2/c1-9-7-12(14(19)17(2)5-6-18)11-8-10(15)3-4-13(11)16-9/h3-4,7-8,18H,5-6H2,1-2H3. The van der Waals surface area contributed by atoms with Gasteiger partial charge in [0.1, 0.15) is 5.82 Å². The van der Waals surface area contributed by atoms with Crippen molar-refractivity contribution in [2.24, 2.45) is 0 Å². The lowest BCUT2D eigenvalue weighted by Gasteiger charge is -2.17. The van der Waals surface area contributed by atoms with Gasteiger partial charge in [0.05, 0.1) is 17.7 Å². The number of aliphatic hydroxyl groups excluding tert-OH is 1. The Morgan fingerprint density at radius 2 is 2.16 bits per heavy atom. The van der Waals surface area contributed by atoms with Gasteiger partial charge in [0.2, 0.25) is 0 Å². The highest BCUT2D eigenvalue weighted by Crippen LogP contribution is 2.20. The van der Waals surface area contributed by atoms with E-state index in [2.05, 4.69) is 4.98 Å². The number of aromatic nitrogens is 1. The van der Waals surface area contributed by atoms with Gasteiger partial charge in [0, 0.05) is 24.7 Å². The minimum Gasteiger partial charge on any atom is -0.395 e. The average Bonchev–Trinajstić information content (AvgIpc) is 2.38. The molecule has 4 nitrogen and oxygen atoms in total. The molecule has 1 heterocycles. The maximum atomic E-state index is 13.3. The van der Waals surface area contributed by atoms with Crippen molar-refractivity contribution in [2.75, 3.05) is 20.2 Å². The molecule has 0 atom stereocenters. The molecule has 0 saturated carbocycles. The Morgan fingerprint density at radius 3 is 2.84 bits per heavy atom. The molecule has 1 amide bonds. The maximum absolute atomic E-state index is 13.3. The number of aryl methyl sites for hydroxylation is 1. The lowest BCUT2D eigenvalue weighted by molar-refractivity contribution is 0.0768. The van der Waals surface area contributed by atoms with Crippen molar-refractivity contribution in [2.45, 2.75) is 6.92 Å². The highest BCUT2D eigenvalue weighted by atomic mass is 19.1. The number of likely N-dealkylation sites (N-methyl/N-ethyl adjacent to an activating group) is 1. The molecule has 0 spiro atoms. The van der Waals surface area contributed by atoms with Crippen molar-refractivity contribution in [3.63, 3.8) is 0 Å². The van der Waals surface area contributed by atoms with Crippen LogP contribution in [-0.2, 0) is 0 Å². The van der Waals surface area contributed by atoms with E-state index in [1.807, 2.05) is 0 Å². The molecule has 0 saturated heterocycles. The summed E-state index contributed by atoms with van der Waals surface area (Å²) >= 11 is 0. The maximum Gasteiger partial charge on any atom is 0.254 e. The molecule has 0 bridgehead atoms. The molecule has 0 aliphatic carbocycles.